The Labute approximate surface area is 159 Å². The zero-order valence-corrected chi connectivity index (χ0v) is 15.7. The predicted molar refractivity (Wildman–Crippen MR) is 104 cm³/mol. The minimum Gasteiger partial charge on any atom is -0.497 e. The molecule has 0 spiro atoms. The summed E-state index contributed by atoms with van der Waals surface area (Å²) in [6, 6.07) is 11.7. The van der Waals surface area contributed by atoms with Crippen LogP contribution in [0.2, 0.25) is 0 Å². The summed E-state index contributed by atoms with van der Waals surface area (Å²) >= 11 is 0. The van der Waals surface area contributed by atoms with Gasteiger partial charge in [0.05, 0.1) is 27.4 Å². The highest BCUT2D eigenvalue weighted by Crippen LogP contribution is 2.34. The summed E-state index contributed by atoms with van der Waals surface area (Å²) in [5.41, 5.74) is 3.90. The van der Waals surface area contributed by atoms with E-state index in [1.807, 2.05) is 4.90 Å². The molecular formula is C21H24N2O4. The van der Waals surface area contributed by atoms with Gasteiger partial charge in [0.1, 0.15) is 11.5 Å². The van der Waals surface area contributed by atoms with Crippen molar-refractivity contribution in [2.24, 2.45) is 0 Å². The lowest BCUT2D eigenvalue weighted by molar-refractivity contribution is 0.0988. The third-order valence-corrected chi connectivity index (χ3v) is 5.18. The summed E-state index contributed by atoms with van der Waals surface area (Å²) in [4.78, 5) is 17.4. The average molecular weight is 368 g/mol. The molecule has 2 aromatic rings. The van der Waals surface area contributed by atoms with Gasteiger partial charge in [-0.2, -0.15) is 0 Å². The molecule has 4 rings (SSSR count). The van der Waals surface area contributed by atoms with E-state index < -0.39 is 0 Å². The molecule has 0 radical (unpaired) electrons. The third kappa shape index (κ3) is 3.45. The van der Waals surface area contributed by atoms with Crippen LogP contribution in [0, 0.1) is 0 Å². The zero-order valence-electron chi connectivity index (χ0n) is 15.7. The molecule has 0 atom stereocenters. The molecule has 142 valence electrons. The molecule has 1 fully saturated rings. The fourth-order valence-electron chi connectivity index (χ4n) is 3.68. The van der Waals surface area contributed by atoms with Crippen molar-refractivity contribution in [2.45, 2.75) is 6.42 Å². The van der Waals surface area contributed by atoms with Crippen LogP contribution in [-0.4, -0.2) is 53.0 Å². The summed E-state index contributed by atoms with van der Waals surface area (Å²) in [6.07, 6.45) is 0.867. The number of nitrogens with zero attached hydrogens (tertiary/aromatic N) is 2. The van der Waals surface area contributed by atoms with E-state index >= 15 is 0 Å². The molecule has 0 unspecified atom stereocenters. The van der Waals surface area contributed by atoms with E-state index in [2.05, 4.69) is 23.1 Å². The lowest BCUT2D eigenvalue weighted by atomic mass is 10.1. The summed E-state index contributed by atoms with van der Waals surface area (Å²) in [7, 11) is 3.17. The van der Waals surface area contributed by atoms with Gasteiger partial charge in [0.2, 0.25) is 0 Å². The lowest BCUT2D eigenvalue weighted by Crippen LogP contribution is -2.36. The molecule has 27 heavy (non-hydrogen) atoms. The highest BCUT2D eigenvalue weighted by molar-refractivity contribution is 6.08. The molecule has 2 aliphatic heterocycles. The van der Waals surface area contributed by atoms with E-state index in [1.165, 1.54) is 5.56 Å². The molecule has 1 amide bonds. The number of morpholine rings is 1. The molecule has 0 N–H and O–H groups in total. The molecule has 0 saturated carbocycles. The normalized spacial score (nSPS) is 16.2. The van der Waals surface area contributed by atoms with Crippen LogP contribution in [0.4, 0.5) is 11.4 Å². The van der Waals surface area contributed by atoms with Crippen molar-refractivity contribution in [3.8, 4) is 11.5 Å². The second-order valence-electron chi connectivity index (χ2n) is 6.72. The Hall–Kier alpha value is -2.73. The maximum absolute atomic E-state index is 13.2. The van der Waals surface area contributed by atoms with Crippen molar-refractivity contribution < 1.29 is 19.0 Å². The first-order valence-electron chi connectivity index (χ1n) is 9.20. The summed E-state index contributed by atoms with van der Waals surface area (Å²) < 4.78 is 16.1. The van der Waals surface area contributed by atoms with Gasteiger partial charge in [-0.15, -0.1) is 0 Å². The van der Waals surface area contributed by atoms with Crippen molar-refractivity contribution in [3.63, 3.8) is 0 Å². The molecular weight excluding hydrogens is 344 g/mol. The molecule has 2 aromatic carbocycles. The van der Waals surface area contributed by atoms with Crippen LogP contribution in [0.5, 0.6) is 11.5 Å². The average Bonchev–Trinajstić information content (AvgIpc) is 3.16. The van der Waals surface area contributed by atoms with Crippen molar-refractivity contribution in [2.75, 3.05) is 56.9 Å². The molecule has 2 aliphatic rings. The Morgan fingerprint density at radius 2 is 1.67 bits per heavy atom. The second kappa shape index (κ2) is 7.48. The monoisotopic (exact) mass is 368 g/mol. The Bertz CT molecular complexity index is 824. The number of rotatable bonds is 4. The number of amides is 1. The summed E-state index contributed by atoms with van der Waals surface area (Å²) in [5.74, 6) is 1.18. The van der Waals surface area contributed by atoms with Crippen LogP contribution in [-0.2, 0) is 11.2 Å². The molecule has 1 saturated heterocycles. The first-order chi connectivity index (χ1) is 13.2. The number of hydrogen-bond acceptors (Lipinski definition) is 5. The largest absolute Gasteiger partial charge is 0.497 e. The van der Waals surface area contributed by atoms with Crippen LogP contribution in [0.1, 0.15) is 15.9 Å². The lowest BCUT2D eigenvalue weighted by Gasteiger charge is -2.29. The van der Waals surface area contributed by atoms with Crippen LogP contribution in [0.3, 0.4) is 0 Å². The maximum Gasteiger partial charge on any atom is 0.258 e. The Balaban J connectivity index is 1.64. The topological polar surface area (TPSA) is 51.2 Å². The van der Waals surface area contributed by atoms with E-state index in [1.54, 1.807) is 32.4 Å². The smallest absolute Gasteiger partial charge is 0.258 e. The Morgan fingerprint density at radius 1 is 0.963 bits per heavy atom. The van der Waals surface area contributed by atoms with Crippen LogP contribution >= 0.6 is 0 Å². The van der Waals surface area contributed by atoms with E-state index in [0.29, 0.717) is 23.6 Å². The van der Waals surface area contributed by atoms with Crippen LogP contribution < -0.4 is 19.3 Å². The Kier molecular flexibility index (Phi) is 4.90. The summed E-state index contributed by atoms with van der Waals surface area (Å²) in [5, 5.41) is 0. The predicted octanol–water partition coefficient (Wildman–Crippen LogP) is 2.74. The number of benzene rings is 2. The molecule has 2 heterocycles. The maximum atomic E-state index is 13.2. The fourth-order valence-corrected chi connectivity index (χ4v) is 3.68. The van der Waals surface area contributed by atoms with Gasteiger partial charge in [0.25, 0.3) is 5.91 Å². The van der Waals surface area contributed by atoms with Gasteiger partial charge >= 0.3 is 0 Å². The fraction of sp³-hybridized carbons (Fsp3) is 0.381. The number of hydrogen-bond donors (Lipinski definition) is 0. The minimum absolute atomic E-state index is 0.0370. The molecule has 0 aliphatic carbocycles. The third-order valence-electron chi connectivity index (χ3n) is 5.18. The number of ether oxygens (including phenoxy) is 3. The van der Waals surface area contributed by atoms with Gasteiger partial charge in [-0.25, -0.2) is 0 Å². The summed E-state index contributed by atoms with van der Waals surface area (Å²) in [6.45, 7) is 3.91. The van der Waals surface area contributed by atoms with E-state index in [4.69, 9.17) is 14.2 Å². The van der Waals surface area contributed by atoms with Gasteiger partial charge in [-0.05, 0) is 36.2 Å². The van der Waals surface area contributed by atoms with E-state index in [-0.39, 0.29) is 5.91 Å². The number of carbonyl (C=O) groups is 1. The molecule has 0 aromatic heterocycles. The second-order valence-corrected chi connectivity index (χ2v) is 6.72. The number of methoxy groups -OCH3 is 2. The Morgan fingerprint density at radius 3 is 2.33 bits per heavy atom. The van der Waals surface area contributed by atoms with E-state index in [0.717, 1.165) is 44.1 Å². The van der Waals surface area contributed by atoms with Crippen LogP contribution in [0.15, 0.2) is 36.4 Å². The molecule has 6 heteroatoms. The van der Waals surface area contributed by atoms with Crippen molar-refractivity contribution in [1.29, 1.82) is 0 Å². The number of fused-ring (bicyclic) bond motifs is 1. The zero-order chi connectivity index (χ0) is 18.8. The van der Waals surface area contributed by atoms with Crippen molar-refractivity contribution >= 4 is 17.3 Å². The van der Waals surface area contributed by atoms with Crippen molar-refractivity contribution in [1.82, 2.24) is 0 Å². The van der Waals surface area contributed by atoms with Gasteiger partial charge in [-0.3, -0.25) is 4.79 Å². The molecule has 0 bridgehead atoms. The quantitative estimate of drug-likeness (QED) is 0.831. The van der Waals surface area contributed by atoms with Gasteiger partial charge in [0, 0.05) is 42.6 Å². The van der Waals surface area contributed by atoms with Gasteiger partial charge in [0.15, 0.2) is 0 Å². The molecule has 6 nitrogen and oxygen atoms in total. The number of carbonyl (C=O) groups excluding carboxylic acids is 1. The minimum atomic E-state index is -0.0370. The first-order valence-corrected chi connectivity index (χ1v) is 9.20. The number of anilines is 2. The highest BCUT2D eigenvalue weighted by atomic mass is 16.5. The van der Waals surface area contributed by atoms with E-state index in [9.17, 15) is 4.79 Å². The highest BCUT2D eigenvalue weighted by Gasteiger charge is 2.27. The first kappa shape index (κ1) is 17.7. The van der Waals surface area contributed by atoms with Gasteiger partial charge < -0.3 is 24.0 Å². The van der Waals surface area contributed by atoms with Crippen LogP contribution in [0.25, 0.3) is 0 Å². The van der Waals surface area contributed by atoms with Gasteiger partial charge in [-0.1, -0.05) is 6.07 Å². The SMILES string of the molecule is COc1cc(OC)cc(C(=O)N2CCc3ccc(N4CCOCC4)cc32)c1. The van der Waals surface area contributed by atoms with Crippen molar-refractivity contribution in [3.05, 3.63) is 47.5 Å². The standard InChI is InChI=1S/C21H24N2O4/c1-25-18-11-16(12-19(14-18)26-2)21(24)23-6-5-15-3-4-17(13-20(15)23)22-7-9-27-10-8-22/h3-4,11-14H,5-10H2,1-2H3.